The molecule has 4 heteroatoms. The Morgan fingerprint density at radius 1 is 1.50 bits per heavy atom. The molecule has 1 fully saturated rings. The molecule has 100 valence electrons. The van der Waals surface area contributed by atoms with Crippen LogP contribution in [0.15, 0.2) is 18.2 Å². The fourth-order valence-corrected chi connectivity index (χ4v) is 2.69. The first kappa shape index (κ1) is 13.8. The number of hydrogen-bond donors (Lipinski definition) is 1. The lowest BCUT2D eigenvalue weighted by Gasteiger charge is -2.17. The Kier molecular flexibility index (Phi) is 4.98. The predicted molar refractivity (Wildman–Crippen MR) is 71.3 cm³/mol. The first-order chi connectivity index (χ1) is 8.72. The molecule has 1 heterocycles. The third kappa shape index (κ3) is 3.22. The zero-order valence-electron chi connectivity index (χ0n) is 10.6. The van der Waals surface area contributed by atoms with Crippen LogP contribution in [0.4, 0.5) is 4.39 Å². The van der Waals surface area contributed by atoms with Crippen LogP contribution in [-0.4, -0.2) is 19.3 Å². The van der Waals surface area contributed by atoms with E-state index >= 15 is 0 Å². The lowest BCUT2D eigenvalue weighted by molar-refractivity contribution is 0.0872. The monoisotopic (exact) mass is 271 g/mol. The van der Waals surface area contributed by atoms with Crippen molar-refractivity contribution in [1.29, 1.82) is 0 Å². The van der Waals surface area contributed by atoms with Gasteiger partial charge in [-0.1, -0.05) is 24.6 Å². The molecule has 1 aliphatic heterocycles. The van der Waals surface area contributed by atoms with Crippen LogP contribution in [0.25, 0.3) is 0 Å². The van der Waals surface area contributed by atoms with Gasteiger partial charge in [-0.3, -0.25) is 0 Å². The van der Waals surface area contributed by atoms with Crippen molar-refractivity contribution in [3.63, 3.8) is 0 Å². The first-order valence-corrected chi connectivity index (χ1v) is 6.85. The second kappa shape index (κ2) is 6.50. The van der Waals surface area contributed by atoms with E-state index in [0.29, 0.717) is 29.2 Å². The van der Waals surface area contributed by atoms with Gasteiger partial charge in [0.15, 0.2) is 0 Å². The number of hydrogen-bond acceptors (Lipinski definition) is 2. The Morgan fingerprint density at radius 3 is 3.06 bits per heavy atom. The molecule has 0 spiro atoms. The van der Waals surface area contributed by atoms with Crippen LogP contribution in [0, 0.1) is 11.7 Å². The van der Waals surface area contributed by atoms with Crippen molar-refractivity contribution in [1.82, 2.24) is 5.32 Å². The molecule has 1 aliphatic rings. The summed E-state index contributed by atoms with van der Waals surface area (Å²) in [7, 11) is 0. The molecule has 1 N–H and O–H groups in total. The normalized spacial score (nSPS) is 23.5. The molecule has 0 radical (unpaired) electrons. The van der Waals surface area contributed by atoms with Gasteiger partial charge in [-0.05, 0) is 30.9 Å². The van der Waals surface area contributed by atoms with Crippen molar-refractivity contribution in [2.24, 2.45) is 5.92 Å². The van der Waals surface area contributed by atoms with E-state index in [9.17, 15) is 4.39 Å². The highest BCUT2D eigenvalue weighted by molar-refractivity contribution is 6.31. The zero-order chi connectivity index (χ0) is 13.0. The van der Waals surface area contributed by atoms with Gasteiger partial charge in [-0.25, -0.2) is 4.39 Å². The Hall–Kier alpha value is -0.640. The van der Waals surface area contributed by atoms with Crippen LogP contribution in [0.5, 0.6) is 0 Å². The third-order valence-electron chi connectivity index (χ3n) is 3.52. The minimum absolute atomic E-state index is 0.246. The summed E-state index contributed by atoms with van der Waals surface area (Å²) in [5.41, 5.74) is 0.547. The SMILES string of the molecule is CCC1OCCC1CNCc1c(F)cccc1Cl. The fraction of sp³-hybridized carbons (Fsp3) is 0.571. The maximum atomic E-state index is 13.5. The van der Waals surface area contributed by atoms with E-state index in [1.165, 1.54) is 6.07 Å². The van der Waals surface area contributed by atoms with Crippen molar-refractivity contribution in [2.45, 2.75) is 32.4 Å². The quantitative estimate of drug-likeness (QED) is 0.886. The minimum atomic E-state index is -0.246. The molecule has 2 atom stereocenters. The molecule has 0 amide bonds. The Balaban J connectivity index is 1.85. The molecule has 1 aromatic rings. The average molecular weight is 272 g/mol. The molecule has 2 nitrogen and oxygen atoms in total. The summed E-state index contributed by atoms with van der Waals surface area (Å²) in [6, 6.07) is 4.78. The van der Waals surface area contributed by atoms with E-state index in [2.05, 4.69) is 12.2 Å². The van der Waals surface area contributed by atoms with Gasteiger partial charge in [0.05, 0.1) is 6.10 Å². The van der Waals surface area contributed by atoms with Gasteiger partial charge in [0.1, 0.15) is 5.82 Å². The van der Waals surface area contributed by atoms with Gasteiger partial charge in [0.2, 0.25) is 0 Å². The summed E-state index contributed by atoms with van der Waals surface area (Å²) in [5, 5.41) is 3.77. The summed E-state index contributed by atoms with van der Waals surface area (Å²) >= 11 is 5.98. The van der Waals surface area contributed by atoms with Crippen LogP contribution >= 0.6 is 11.6 Å². The standard InChI is InChI=1S/C14H19ClFNO/c1-2-14-10(6-7-18-14)8-17-9-11-12(15)4-3-5-13(11)16/h3-5,10,14,17H,2,6-9H2,1H3. The van der Waals surface area contributed by atoms with E-state index in [0.717, 1.165) is 26.0 Å². The second-order valence-electron chi connectivity index (χ2n) is 4.70. The molecule has 1 aromatic carbocycles. The molecular weight excluding hydrogens is 253 g/mol. The minimum Gasteiger partial charge on any atom is -0.378 e. The van der Waals surface area contributed by atoms with Gasteiger partial charge in [-0.2, -0.15) is 0 Å². The first-order valence-electron chi connectivity index (χ1n) is 6.47. The van der Waals surface area contributed by atoms with Gasteiger partial charge in [0.25, 0.3) is 0 Å². The molecule has 0 bridgehead atoms. The van der Waals surface area contributed by atoms with Crippen molar-refractivity contribution < 1.29 is 9.13 Å². The Morgan fingerprint density at radius 2 is 2.33 bits per heavy atom. The van der Waals surface area contributed by atoms with Gasteiger partial charge >= 0.3 is 0 Å². The molecule has 0 aliphatic carbocycles. The molecule has 0 aromatic heterocycles. The topological polar surface area (TPSA) is 21.3 Å². The summed E-state index contributed by atoms with van der Waals surface area (Å²) in [6.07, 6.45) is 2.46. The van der Waals surface area contributed by atoms with E-state index in [1.807, 2.05) is 0 Å². The van der Waals surface area contributed by atoms with Gasteiger partial charge < -0.3 is 10.1 Å². The number of rotatable bonds is 5. The highest BCUT2D eigenvalue weighted by Gasteiger charge is 2.26. The highest BCUT2D eigenvalue weighted by atomic mass is 35.5. The lowest BCUT2D eigenvalue weighted by Crippen LogP contribution is -2.28. The largest absolute Gasteiger partial charge is 0.378 e. The molecule has 18 heavy (non-hydrogen) atoms. The van der Waals surface area contributed by atoms with Crippen LogP contribution in [0.2, 0.25) is 5.02 Å². The van der Waals surface area contributed by atoms with Gasteiger partial charge in [-0.15, -0.1) is 0 Å². The number of ether oxygens (including phenoxy) is 1. The summed E-state index contributed by atoms with van der Waals surface area (Å²) in [6.45, 7) is 4.30. The Bertz CT molecular complexity index is 379. The highest BCUT2D eigenvalue weighted by Crippen LogP contribution is 2.23. The van der Waals surface area contributed by atoms with E-state index in [1.54, 1.807) is 12.1 Å². The summed E-state index contributed by atoms with van der Waals surface area (Å²) in [5.74, 6) is 0.283. The van der Waals surface area contributed by atoms with Crippen molar-refractivity contribution in [3.8, 4) is 0 Å². The smallest absolute Gasteiger partial charge is 0.129 e. The maximum absolute atomic E-state index is 13.5. The average Bonchev–Trinajstić information content (AvgIpc) is 2.80. The fourth-order valence-electron chi connectivity index (χ4n) is 2.46. The van der Waals surface area contributed by atoms with Crippen LogP contribution in [0.3, 0.4) is 0 Å². The summed E-state index contributed by atoms with van der Waals surface area (Å²) in [4.78, 5) is 0. The Labute approximate surface area is 112 Å². The van der Waals surface area contributed by atoms with Crippen molar-refractivity contribution in [2.75, 3.05) is 13.2 Å². The van der Waals surface area contributed by atoms with Crippen molar-refractivity contribution >= 4 is 11.6 Å². The number of benzene rings is 1. The van der Waals surface area contributed by atoms with Crippen molar-refractivity contribution in [3.05, 3.63) is 34.6 Å². The number of halogens is 2. The molecular formula is C14H19ClFNO. The molecule has 2 unspecified atom stereocenters. The lowest BCUT2D eigenvalue weighted by atomic mass is 9.99. The predicted octanol–water partition coefficient (Wildman–Crippen LogP) is 3.38. The second-order valence-corrected chi connectivity index (χ2v) is 5.10. The maximum Gasteiger partial charge on any atom is 0.129 e. The van der Waals surface area contributed by atoms with Crippen LogP contribution in [0.1, 0.15) is 25.3 Å². The summed E-state index contributed by atoms with van der Waals surface area (Å²) < 4.78 is 19.2. The van der Waals surface area contributed by atoms with E-state index in [-0.39, 0.29) is 5.82 Å². The van der Waals surface area contributed by atoms with Crippen LogP contribution in [-0.2, 0) is 11.3 Å². The third-order valence-corrected chi connectivity index (χ3v) is 3.87. The van der Waals surface area contributed by atoms with E-state index in [4.69, 9.17) is 16.3 Å². The molecule has 0 saturated carbocycles. The zero-order valence-corrected chi connectivity index (χ0v) is 11.3. The van der Waals surface area contributed by atoms with Crippen LogP contribution < -0.4 is 5.32 Å². The number of nitrogens with one attached hydrogen (secondary N) is 1. The molecule has 1 saturated heterocycles. The molecule has 2 rings (SSSR count). The van der Waals surface area contributed by atoms with Gasteiger partial charge in [0, 0.05) is 30.3 Å². The van der Waals surface area contributed by atoms with E-state index < -0.39 is 0 Å².